The van der Waals surface area contributed by atoms with E-state index in [-0.39, 0.29) is 44.4 Å². The Kier molecular flexibility index (Phi) is 13.3. The van der Waals surface area contributed by atoms with Crippen molar-refractivity contribution in [1.82, 2.24) is 4.98 Å². The fourth-order valence-corrected chi connectivity index (χ4v) is 10.4. The minimum Gasteiger partial charge on any atom is -0.505 e. The number of ketones is 1. The smallest absolute Gasteiger partial charge is 0.312 e. The van der Waals surface area contributed by atoms with Gasteiger partial charge in [-0.15, -0.1) is 11.3 Å². The highest BCUT2D eigenvalue weighted by Gasteiger charge is 2.49. The van der Waals surface area contributed by atoms with Gasteiger partial charge in [-0.05, 0) is 56.9 Å². The number of carbonyl (C=O) groups excluding carboxylic acids is 3. The number of fused-ring (bicyclic) bond motifs is 2. The van der Waals surface area contributed by atoms with Gasteiger partial charge in [0.15, 0.2) is 11.2 Å². The normalized spacial score (nSPS) is 30.5. The maximum Gasteiger partial charge on any atom is 0.312 e. The molecule has 0 unspecified atom stereocenters. The van der Waals surface area contributed by atoms with Gasteiger partial charge < -0.3 is 44.5 Å². The first-order valence-corrected chi connectivity index (χ1v) is 22.7. The largest absolute Gasteiger partial charge is 0.505 e. The van der Waals surface area contributed by atoms with E-state index in [0.29, 0.717) is 16.1 Å². The predicted molar refractivity (Wildman–Crippen MR) is 248 cm³/mol. The Balaban J connectivity index is 1.43. The average Bonchev–Trinajstić information content (AvgIpc) is 3.53. The molecule has 0 spiro atoms. The van der Waals surface area contributed by atoms with Crippen molar-refractivity contribution in [1.29, 1.82) is 0 Å². The van der Waals surface area contributed by atoms with Crippen LogP contribution in [0.5, 0.6) is 11.5 Å². The van der Waals surface area contributed by atoms with Crippen LogP contribution in [0.1, 0.15) is 84.2 Å². The van der Waals surface area contributed by atoms with E-state index in [1.54, 1.807) is 58.9 Å². The summed E-state index contributed by atoms with van der Waals surface area (Å²) in [5.74, 6) is -6.11. The van der Waals surface area contributed by atoms with Gasteiger partial charge in [-0.3, -0.25) is 19.2 Å². The van der Waals surface area contributed by atoms with Crippen LogP contribution in [0.3, 0.4) is 0 Å². The summed E-state index contributed by atoms with van der Waals surface area (Å²) in [7, 11) is 1.46. The van der Waals surface area contributed by atoms with Gasteiger partial charge in [0.25, 0.3) is 11.7 Å². The minimum atomic E-state index is -1.99. The number of amides is 1. The SMILES string of the molecule is CO[C@H]1/C=C/O[C@@]2(C)Oc3c(C)c(=O)c4c(O)c(c5sc6cc(N7CCC(C)CC7)ccc6nc5c4c3C2=O)NC(=O)/C(C)=C\C=C\[C@H](C)[C@H](O)[C@@H](C)[C@@H](O)[C@@H](C)[C@H](OC(C)=O)[C@@H]1C. The number of methoxy groups -OCH3 is 1. The molecule has 1 amide bonds. The Hall–Kier alpha value is -5.35. The summed E-state index contributed by atoms with van der Waals surface area (Å²) in [6.07, 6.45) is 6.01. The van der Waals surface area contributed by atoms with Crippen LogP contribution in [0.15, 0.2) is 59.1 Å². The number of phenolic OH excluding ortho intramolecular Hbond substituents is 1. The number of carbonyl (C=O) groups is 3. The highest BCUT2D eigenvalue weighted by atomic mass is 32.1. The summed E-state index contributed by atoms with van der Waals surface area (Å²) < 4.78 is 25.1. The summed E-state index contributed by atoms with van der Waals surface area (Å²) >= 11 is 1.27. The fourth-order valence-electron chi connectivity index (χ4n) is 9.26. The lowest BCUT2D eigenvalue weighted by Crippen LogP contribution is -2.46. The van der Waals surface area contributed by atoms with E-state index in [9.17, 15) is 34.5 Å². The van der Waals surface area contributed by atoms with Gasteiger partial charge in [-0.2, -0.15) is 0 Å². The van der Waals surface area contributed by atoms with Crippen molar-refractivity contribution in [2.75, 3.05) is 30.4 Å². The van der Waals surface area contributed by atoms with E-state index in [4.69, 9.17) is 23.9 Å². The van der Waals surface area contributed by atoms with E-state index >= 15 is 0 Å². The zero-order valence-corrected chi connectivity index (χ0v) is 38.9. The Bertz CT molecular complexity index is 2670. The molecular weight excluding hydrogens is 839 g/mol. The zero-order chi connectivity index (χ0) is 46.5. The molecule has 0 saturated carbocycles. The van der Waals surface area contributed by atoms with E-state index in [1.807, 2.05) is 18.2 Å². The van der Waals surface area contributed by atoms with Crippen LogP contribution >= 0.6 is 11.3 Å². The maximum atomic E-state index is 14.8. The number of hydrogen-bond acceptors (Lipinski definition) is 14. The number of piperidine rings is 1. The molecule has 3 aliphatic rings. The first kappa shape index (κ1) is 46.6. The number of aliphatic hydroxyl groups excluding tert-OH is 2. The molecule has 64 heavy (non-hydrogen) atoms. The number of hydrogen-bond donors (Lipinski definition) is 4. The van der Waals surface area contributed by atoms with Gasteiger partial charge in [-0.25, -0.2) is 4.98 Å². The zero-order valence-electron chi connectivity index (χ0n) is 38.1. The maximum absolute atomic E-state index is 14.8. The molecule has 9 atom stereocenters. The monoisotopic (exact) mass is 897 g/mol. The topological polar surface area (TPSA) is 194 Å². The lowest BCUT2D eigenvalue weighted by atomic mass is 9.78. The quantitative estimate of drug-likeness (QED) is 0.0677. The summed E-state index contributed by atoms with van der Waals surface area (Å²) in [5, 5.41) is 38.0. The second kappa shape index (κ2) is 18.3. The Morgan fingerprint density at radius 3 is 2.36 bits per heavy atom. The van der Waals surface area contributed by atoms with Crippen molar-refractivity contribution < 1.29 is 48.7 Å². The van der Waals surface area contributed by atoms with Crippen LogP contribution in [0.2, 0.25) is 0 Å². The van der Waals surface area contributed by atoms with Crippen molar-refractivity contribution >= 4 is 71.6 Å². The molecule has 4 N–H and O–H groups in total. The molecule has 14 nitrogen and oxygen atoms in total. The van der Waals surface area contributed by atoms with E-state index < -0.39 is 82.7 Å². The fraction of sp³-hybridized carbons (Fsp3) is 0.490. The highest BCUT2D eigenvalue weighted by Crippen LogP contribution is 2.50. The number of allylic oxidation sites excluding steroid dienone is 2. The van der Waals surface area contributed by atoms with Crippen LogP contribution in [0.25, 0.3) is 31.2 Å². The van der Waals surface area contributed by atoms with Crippen LogP contribution in [-0.4, -0.2) is 88.4 Å². The number of aromatic hydroxyl groups is 1. The number of nitrogens with zero attached hydrogens (tertiary/aromatic N) is 2. The number of anilines is 2. The number of Topliss-reactive ketones (excluding diaryl/α,β-unsaturated/α-hetero) is 1. The molecule has 1 fully saturated rings. The second-order valence-electron chi connectivity index (χ2n) is 18.0. The molecule has 1 aromatic heterocycles. The Morgan fingerprint density at radius 2 is 1.69 bits per heavy atom. The van der Waals surface area contributed by atoms with Gasteiger partial charge in [-0.1, -0.05) is 52.8 Å². The average molecular weight is 898 g/mol. The van der Waals surface area contributed by atoms with Gasteiger partial charge in [0.1, 0.15) is 17.5 Å². The van der Waals surface area contributed by atoms with Crippen molar-refractivity contribution in [3.8, 4) is 11.5 Å². The predicted octanol–water partition coefficient (Wildman–Crippen LogP) is 7.70. The summed E-state index contributed by atoms with van der Waals surface area (Å²) in [6, 6.07) is 5.94. The molecule has 1 saturated heterocycles. The lowest BCUT2D eigenvalue weighted by Gasteiger charge is -2.38. The van der Waals surface area contributed by atoms with Crippen LogP contribution in [0.4, 0.5) is 11.4 Å². The molecule has 0 radical (unpaired) electrons. The van der Waals surface area contributed by atoms with Crippen LogP contribution in [0, 0.1) is 36.5 Å². The minimum absolute atomic E-state index is 0.00484. The summed E-state index contributed by atoms with van der Waals surface area (Å²) in [6.45, 7) is 16.9. The number of rotatable bonds is 3. The van der Waals surface area contributed by atoms with Crippen LogP contribution in [-0.2, 0) is 23.8 Å². The van der Waals surface area contributed by atoms with E-state index in [0.717, 1.165) is 36.3 Å². The number of benzene rings is 3. The molecular formula is C49H59N3O11S. The van der Waals surface area contributed by atoms with E-state index in [1.165, 1.54) is 45.5 Å². The highest BCUT2D eigenvalue weighted by molar-refractivity contribution is 7.25. The molecule has 15 heteroatoms. The lowest BCUT2D eigenvalue weighted by molar-refractivity contribution is -0.160. The van der Waals surface area contributed by atoms with Gasteiger partial charge in [0.05, 0.1) is 56.0 Å². The van der Waals surface area contributed by atoms with Crippen molar-refractivity contribution in [2.45, 2.75) is 105 Å². The number of aromatic nitrogens is 1. The second-order valence-corrected chi connectivity index (χ2v) is 19.1. The van der Waals surface area contributed by atoms with Gasteiger partial charge >= 0.3 is 11.8 Å². The molecule has 0 aliphatic carbocycles. The van der Waals surface area contributed by atoms with Crippen molar-refractivity contribution in [3.63, 3.8) is 0 Å². The molecule has 3 aromatic carbocycles. The molecule has 342 valence electrons. The molecule has 7 rings (SSSR count). The standard InChI is InChI=1S/C49H59N3O11S/c1-23-16-19-52(20-17-23)31-14-15-32-34(22-31)64-46-38(50-32)35-36-42(56)29(7)45-37(35)47(58)49(9,63-45)61-21-18-33(60-10)26(4)44(62-30(8)53)28(6)41(55)27(5)40(54)24(2)12-11-13-25(3)48(59)51-39(46)43(36)57/h11-15,18,21-24,26-28,33,40-41,44,54-55,57H,16-17,19-20H2,1-10H3,(H,51,59)/b12-11+,21-18+,25-13-/t24-,26+,27+,28+,33-,40-,41+,44+,49-/m0/s1. The third kappa shape index (κ3) is 8.50. The molecule has 3 aliphatic heterocycles. The first-order valence-electron chi connectivity index (χ1n) is 21.9. The first-order chi connectivity index (χ1) is 30.3. The number of ether oxygens (including phenoxy) is 4. The Morgan fingerprint density at radius 1 is 0.984 bits per heavy atom. The molecule has 4 bridgehead atoms. The van der Waals surface area contributed by atoms with Gasteiger partial charge in [0.2, 0.25) is 0 Å². The number of phenols is 1. The van der Waals surface area contributed by atoms with E-state index in [2.05, 4.69) is 17.1 Å². The van der Waals surface area contributed by atoms with Gasteiger partial charge in [0, 0.05) is 79.9 Å². The van der Waals surface area contributed by atoms with Crippen molar-refractivity contribution in [3.05, 3.63) is 75.7 Å². The van der Waals surface area contributed by atoms with Crippen molar-refractivity contribution in [2.24, 2.45) is 29.6 Å². The molecule has 4 heterocycles. The number of nitrogens with one attached hydrogen (secondary N) is 1. The van der Waals surface area contributed by atoms with Crippen LogP contribution < -0.4 is 20.4 Å². The Labute approximate surface area is 376 Å². The molecule has 4 aromatic rings. The summed E-state index contributed by atoms with van der Waals surface area (Å²) in [4.78, 5) is 63.0. The third-order valence-electron chi connectivity index (χ3n) is 13.5. The summed E-state index contributed by atoms with van der Waals surface area (Å²) in [5.41, 5.74) is 1.42. The number of aliphatic hydroxyl groups is 2. The number of esters is 1. The third-order valence-corrected chi connectivity index (χ3v) is 14.6.